The van der Waals surface area contributed by atoms with Crippen molar-refractivity contribution in [3.8, 4) is 6.19 Å². The number of nitrogens with one attached hydrogen (secondary N) is 3. The third kappa shape index (κ3) is 9.52. The zero-order valence-corrected chi connectivity index (χ0v) is 14.7. The molecule has 0 unspecified atom stereocenters. The van der Waals surface area contributed by atoms with E-state index in [1.165, 1.54) is 24.0 Å². The van der Waals surface area contributed by atoms with Gasteiger partial charge in [0.1, 0.15) is 18.2 Å². The van der Waals surface area contributed by atoms with Gasteiger partial charge >= 0.3 is 6.18 Å². The summed E-state index contributed by atoms with van der Waals surface area (Å²) >= 11 is 1.53. The Balaban J connectivity index is 2.41. The lowest BCUT2D eigenvalue weighted by Crippen LogP contribution is -2.35. The molecule has 26 heavy (non-hydrogen) atoms. The van der Waals surface area contributed by atoms with Crippen molar-refractivity contribution in [3.63, 3.8) is 0 Å². The lowest BCUT2D eigenvalue weighted by molar-refractivity contribution is -0.118. The third-order valence-corrected chi connectivity index (χ3v) is 3.51. The van der Waals surface area contributed by atoms with E-state index in [1.807, 2.05) is 0 Å². The average molecular weight is 389 g/mol. The summed E-state index contributed by atoms with van der Waals surface area (Å²) < 4.78 is 36.3. The minimum absolute atomic E-state index is 0.260. The van der Waals surface area contributed by atoms with Crippen LogP contribution in [0.5, 0.6) is 0 Å². The fourth-order valence-corrected chi connectivity index (χ4v) is 2.23. The van der Waals surface area contributed by atoms with Crippen molar-refractivity contribution in [2.24, 2.45) is 15.7 Å². The molecule has 0 atom stereocenters. The number of hydrogen-bond donors (Lipinski definition) is 4. The topological polar surface area (TPSA) is 136 Å². The summed E-state index contributed by atoms with van der Waals surface area (Å²) in [7, 11) is 1.55. The molecule has 9 nitrogen and oxygen atoms in total. The highest BCUT2D eigenvalue weighted by Gasteiger charge is 2.26. The Morgan fingerprint density at radius 1 is 1.46 bits per heavy atom. The van der Waals surface area contributed by atoms with Gasteiger partial charge in [-0.05, 0) is 6.07 Å². The Labute approximate surface area is 152 Å². The monoisotopic (exact) mass is 389 g/mol. The minimum Gasteiger partial charge on any atom is -0.370 e. The second-order valence-corrected chi connectivity index (χ2v) is 5.69. The molecule has 0 aliphatic rings. The van der Waals surface area contributed by atoms with Gasteiger partial charge in [-0.3, -0.25) is 10.3 Å². The van der Waals surface area contributed by atoms with Crippen molar-refractivity contribution < 1.29 is 13.2 Å². The van der Waals surface area contributed by atoms with Crippen molar-refractivity contribution in [2.45, 2.75) is 11.9 Å². The maximum absolute atomic E-state index is 12.1. The Bertz CT molecular complexity index is 670. The van der Waals surface area contributed by atoms with Crippen LogP contribution < -0.4 is 21.7 Å². The summed E-state index contributed by atoms with van der Waals surface area (Å²) in [4.78, 5) is 15.3. The van der Waals surface area contributed by atoms with E-state index < -0.39 is 12.7 Å². The molecule has 0 saturated carbocycles. The van der Waals surface area contributed by atoms with Gasteiger partial charge in [-0.2, -0.15) is 30.2 Å². The molecule has 0 spiro atoms. The van der Waals surface area contributed by atoms with E-state index in [-0.39, 0.29) is 11.8 Å². The number of thioether (sulfide) groups is 1. The highest BCUT2D eigenvalue weighted by molar-refractivity contribution is 7.98. The molecule has 1 aromatic heterocycles. The SMILES string of the molecule is C/N=C(/NC#N)NCCSCc1nccc(N/C(N)=N\CC(F)(F)F)n1. The van der Waals surface area contributed by atoms with Crippen LogP contribution in [0.2, 0.25) is 0 Å². The normalized spacial score (nSPS) is 12.4. The number of nitrogens with zero attached hydrogens (tertiary/aromatic N) is 5. The van der Waals surface area contributed by atoms with Crippen LogP contribution in [-0.4, -0.2) is 54.0 Å². The minimum atomic E-state index is -4.42. The molecule has 0 saturated heterocycles. The molecule has 0 bridgehead atoms. The lowest BCUT2D eigenvalue weighted by Gasteiger charge is -2.08. The maximum atomic E-state index is 12.1. The van der Waals surface area contributed by atoms with Crippen LogP contribution in [0, 0.1) is 11.5 Å². The molecule has 5 N–H and O–H groups in total. The predicted molar refractivity (Wildman–Crippen MR) is 94.5 cm³/mol. The predicted octanol–water partition coefficient (Wildman–Crippen LogP) is 0.645. The van der Waals surface area contributed by atoms with Gasteiger partial charge in [-0.25, -0.2) is 15.0 Å². The molecule has 0 aromatic carbocycles. The van der Waals surface area contributed by atoms with Gasteiger partial charge in [0.2, 0.25) is 5.96 Å². The van der Waals surface area contributed by atoms with E-state index >= 15 is 0 Å². The summed E-state index contributed by atoms with van der Waals surface area (Å²) in [6.07, 6.45) is -1.18. The molecule has 0 amide bonds. The molecule has 0 radical (unpaired) electrons. The number of hydrogen-bond acceptors (Lipinski definition) is 6. The summed E-state index contributed by atoms with van der Waals surface area (Å²) in [5.74, 6) is 1.94. The van der Waals surface area contributed by atoms with Gasteiger partial charge < -0.3 is 16.4 Å². The molecule has 0 fully saturated rings. The number of anilines is 1. The van der Waals surface area contributed by atoms with Gasteiger partial charge in [0.25, 0.3) is 0 Å². The molecular formula is C13H18F3N9S. The smallest absolute Gasteiger partial charge is 0.370 e. The third-order valence-electron chi connectivity index (χ3n) is 2.56. The molecule has 1 aromatic rings. The second kappa shape index (κ2) is 11.0. The van der Waals surface area contributed by atoms with Crippen molar-refractivity contribution in [1.29, 1.82) is 5.26 Å². The number of guanidine groups is 2. The number of nitriles is 1. The largest absolute Gasteiger partial charge is 0.408 e. The summed E-state index contributed by atoms with van der Waals surface area (Å²) in [5.41, 5.74) is 5.39. The van der Waals surface area contributed by atoms with Crippen LogP contribution in [0.25, 0.3) is 0 Å². The number of aliphatic imine (C=N–C) groups is 2. The molecule has 0 aliphatic carbocycles. The Kier molecular flexibility index (Phi) is 8.99. The molecule has 142 valence electrons. The average Bonchev–Trinajstić information content (AvgIpc) is 2.58. The van der Waals surface area contributed by atoms with Crippen LogP contribution >= 0.6 is 11.8 Å². The van der Waals surface area contributed by atoms with Crippen molar-refractivity contribution in [2.75, 3.05) is 31.2 Å². The van der Waals surface area contributed by atoms with Gasteiger partial charge in [0, 0.05) is 25.5 Å². The molecule has 1 rings (SSSR count). The number of rotatable bonds is 7. The fourth-order valence-electron chi connectivity index (χ4n) is 1.52. The standard InChI is InChI=1S/C13H18F3N9S/c1-19-12(23-8-17)21-4-5-26-6-10-20-3-2-9(24-10)25-11(18)22-7-13(14,15)16/h2-3H,4-7H2,1H3,(H2,19,21,23)(H3,18,20,22,24,25). The zero-order valence-electron chi connectivity index (χ0n) is 13.8. The zero-order chi connectivity index (χ0) is 19.4. The van der Waals surface area contributed by atoms with E-state index in [9.17, 15) is 13.2 Å². The number of halogens is 3. The number of aromatic nitrogens is 2. The van der Waals surface area contributed by atoms with Gasteiger partial charge in [0.15, 0.2) is 12.2 Å². The van der Waals surface area contributed by atoms with E-state index in [0.717, 1.165) is 0 Å². The summed E-state index contributed by atoms with van der Waals surface area (Å²) in [5, 5.41) is 16.3. The number of alkyl halides is 3. The van der Waals surface area contributed by atoms with Crippen molar-refractivity contribution >= 4 is 29.5 Å². The van der Waals surface area contributed by atoms with Crippen LogP contribution in [0.3, 0.4) is 0 Å². The molecule has 13 heteroatoms. The van der Waals surface area contributed by atoms with Crippen LogP contribution in [-0.2, 0) is 5.75 Å². The first-order valence-electron chi connectivity index (χ1n) is 7.23. The maximum Gasteiger partial charge on any atom is 0.408 e. The van der Waals surface area contributed by atoms with Crippen molar-refractivity contribution in [1.82, 2.24) is 20.6 Å². The van der Waals surface area contributed by atoms with Gasteiger partial charge in [-0.1, -0.05) is 0 Å². The van der Waals surface area contributed by atoms with Crippen molar-refractivity contribution in [3.05, 3.63) is 18.1 Å². The Hall–Kier alpha value is -2.75. The fraction of sp³-hybridized carbons (Fsp3) is 0.462. The van der Waals surface area contributed by atoms with Crippen LogP contribution in [0.15, 0.2) is 22.2 Å². The molecule has 1 heterocycles. The second-order valence-electron chi connectivity index (χ2n) is 4.59. The summed E-state index contributed by atoms with van der Waals surface area (Å²) in [6.45, 7) is -0.794. The molecule has 0 aliphatic heterocycles. The van der Waals surface area contributed by atoms with E-state index in [1.54, 1.807) is 13.2 Å². The summed E-state index contributed by atoms with van der Waals surface area (Å²) in [6, 6.07) is 1.48. The lowest BCUT2D eigenvalue weighted by atomic mass is 10.5. The Morgan fingerprint density at radius 3 is 2.88 bits per heavy atom. The first-order valence-corrected chi connectivity index (χ1v) is 8.38. The van der Waals surface area contributed by atoms with Crippen LogP contribution in [0.1, 0.15) is 5.82 Å². The van der Waals surface area contributed by atoms with E-state index in [0.29, 0.717) is 29.8 Å². The Morgan fingerprint density at radius 2 is 2.23 bits per heavy atom. The van der Waals surface area contributed by atoms with Gasteiger partial charge in [0.05, 0.1) is 5.75 Å². The van der Waals surface area contributed by atoms with Crippen LogP contribution in [0.4, 0.5) is 19.0 Å². The van der Waals surface area contributed by atoms with E-state index in [2.05, 4.69) is 35.9 Å². The quantitative estimate of drug-likeness (QED) is 0.175. The molecular weight excluding hydrogens is 371 g/mol. The highest BCUT2D eigenvalue weighted by atomic mass is 32.2. The first kappa shape index (κ1) is 21.3. The highest BCUT2D eigenvalue weighted by Crippen LogP contribution is 2.14. The van der Waals surface area contributed by atoms with E-state index in [4.69, 9.17) is 11.0 Å². The number of nitrogens with two attached hydrogens (primary N) is 1. The van der Waals surface area contributed by atoms with Gasteiger partial charge in [-0.15, -0.1) is 0 Å². The first-order chi connectivity index (χ1) is 12.3.